The largest absolute Gasteiger partial charge is 0.481 e. The quantitative estimate of drug-likeness (QED) is 0.898. The summed E-state index contributed by atoms with van der Waals surface area (Å²) in [6.07, 6.45) is 5.01. The van der Waals surface area contributed by atoms with Gasteiger partial charge in [-0.25, -0.2) is 4.98 Å². The Balaban J connectivity index is 1.94. The number of nitrogens with zero attached hydrogens (tertiary/aromatic N) is 1. The first-order valence-corrected chi connectivity index (χ1v) is 7.28. The number of nitrogens with two attached hydrogens (primary N) is 1. The van der Waals surface area contributed by atoms with Gasteiger partial charge in [-0.05, 0) is 47.5 Å². The van der Waals surface area contributed by atoms with E-state index in [-0.39, 0.29) is 12.0 Å². The Bertz CT molecular complexity index is 402. The van der Waals surface area contributed by atoms with Crippen molar-refractivity contribution in [2.24, 2.45) is 17.6 Å². The zero-order valence-electron chi connectivity index (χ0n) is 9.30. The Morgan fingerprint density at radius 2 is 2.18 bits per heavy atom. The molecule has 1 saturated carbocycles. The highest BCUT2D eigenvalue weighted by molar-refractivity contribution is 9.11. The molecule has 17 heavy (non-hydrogen) atoms. The first-order valence-electron chi connectivity index (χ1n) is 5.67. The second-order valence-corrected chi connectivity index (χ2v) is 6.92. The number of halogens is 1. The molecule has 1 heterocycles. The first kappa shape index (κ1) is 13.0. The van der Waals surface area contributed by atoms with Crippen LogP contribution in [0.3, 0.4) is 0 Å². The molecule has 1 unspecified atom stereocenters. The molecule has 0 amide bonds. The van der Waals surface area contributed by atoms with E-state index < -0.39 is 5.97 Å². The van der Waals surface area contributed by atoms with Gasteiger partial charge < -0.3 is 10.8 Å². The standard InChI is InChI=1S/C11H15BrN2O2S/c12-8-5-14-10(17-8)9(13)6-1-3-7(4-2-6)11(15)16/h5-7,9H,1-4,13H2,(H,15,16)/t6-,7-,9?. The van der Waals surface area contributed by atoms with Crippen molar-refractivity contribution in [1.82, 2.24) is 4.98 Å². The highest BCUT2D eigenvalue weighted by atomic mass is 79.9. The molecule has 0 aromatic carbocycles. The van der Waals surface area contributed by atoms with Gasteiger partial charge in [-0.1, -0.05) is 0 Å². The van der Waals surface area contributed by atoms with Crippen molar-refractivity contribution in [3.63, 3.8) is 0 Å². The Hall–Kier alpha value is -0.460. The molecule has 1 aromatic rings. The molecule has 4 nitrogen and oxygen atoms in total. The third kappa shape index (κ3) is 3.05. The molecule has 0 radical (unpaired) electrons. The molecule has 3 N–H and O–H groups in total. The summed E-state index contributed by atoms with van der Waals surface area (Å²) in [5.74, 6) is -0.487. The lowest BCUT2D eigenvalue weighted by molar-refractivity contribution is -0.143. The number of hydrogen-bond donors (Lipinski definition) is 2. The van der Waals surface area contributed by atoms with Gasteiger partial charge in [-0.15, -0.1) is 11.3 Å². The molecule has 1 aromatic heterocycles. The minimum Gasteiger partial charge on any atom is -0.481 e. The lowest BCUT2D eigenvalue weighted by atomic mass is 9.79. The molecule has 1 fully saturated rings. The van der Waals surface area contributed by atoms with Gasteiger partial charge >= 0.3 is 5.97 Å². The number of aliphatic carboxylic acids is 1. The monoisotopic (exact) mass is 318 g/mol. The molecule has 6 heteroatoms. The maximum atomic E-state index is 10.9. The van der Waals surface area contributed by atoms with Gasteiger partial charge in [-0.3, -0.25) is 4.79 Å². The smallest absolute Gasteiger partial charge is 0.306 e. The van der Waals surface area contributed by atoms with Crippen molar-refractivity contribution in [2.45, 2.75) is 31.7 Å². The van der Waals surface area contributed by atoms with Crippen molar-refractivity contribution in [2.75, 3.05) is 0 Å². The van der Waals surface area contributed by atoms with Gasteiger partial charge in [0.05, 0.1) is 21.9 Å². The van der Waals surface area contributed by atoms with Gasteiger partial charge in [0.1, 0.15) is 5.01 Å². The van der Waals surface area contributed by atoms with Crippen molar-refractivity contribution in [3.05, 3.63) is 15.0 Å². The zero-order chi connectivity index (χ0) is 12.4. The summed E-state index contributed by atoms with van der Waals surface area (Å²) >= 11 is 4.94. The lowest BCUT2D eigenvalue weighted by Crippen LogP contribution is -2.28. The molecule has 1 aliphatic rings. The van der Waals surface area contributed by atoms with Crippen LogP contribution in [0.4, 0.5) is 0 Å². The van der Waals surface area contributed by atoms with Crippen LogP contribution in [0.5, 0.6) is 0 Å². The number of carbonyl (C=O) groups is 1. The second kappa shape index (κ2) is 5.46. The molecule has 1 atom stereocenters. The van der Waals surface area contributed by atoms with Gasteiger partial charge in [0.15, 0.2) is 0 Å². The fourth-order valence-corrected chi connectivity index (χ4v) is 3.69. The Labute approximate surface area is 112 Å². The van der Waals surface area contributed by atoms with Crippen LogP contribution < -0.4 is 5.73 Å². The van der Waals surface area contributed by atoms with Crippen LogP contribution in [0.15, 0.2) is 9.98 Å². The minimum atomic E-state index is -0.672. The third-order valence-electron chi connectivity index (χ3n) is 3.41. The third-order valence-corrected chi connectivity index (χ3v) is 4.99. The number of rotatable bonds is 3. The van der Waals surface area contributed by atoms with E-state index in [2.05, 4.69) is 20.9 Å². The predicted molar refractivity (Wildman–Crippen MR) is 69.8 cm³/mol. The van der Waals surface area contributed by atoms with E-state index in [9.17, 15) is 4.79 Å². The van der Waals surface area contributed by atoms with Crippen LogP contribution in [0, 0.1) is 11.8 Å². The highest BCUT2D eigenvalue weighted by Crippen LogP contribution is 2.37. The van der Waals surface area contributed by atoms with E-state index in [0.29, 0.717) is 5.92 Å². The average molecular weight is 319 g/mol. The summed E-state index contributed by atoms with van der Waals surface area (Å²) in [4.78, 5) is 15.1. The van der Waals surface area contributed by atoms with Crippen LogP contribution in [-0.2, 0) is 4.79 Å². The summed E-state index contributed by atoms with van der Waals surface area (Å²) < 4.78 is 0.988. The molecule has 94 valence electrons. The maximum absolute atomic E-state index is 10.9. The maximum Gasteiger partial charge on any atom is 0.306 e. The molecule has 2 rings (SSSR count). The Kier molecular flexibility index (Phi) is 4.17. The Morgan fingerprint density at radius 3 is 2.65 bits per heavy atom. The molecule has 1 aliphatic carbocycles. The van der Waals surface area contributed by atoms with Gasteiger partial charge in [0.2, 0.25) is 0 Å². The van der Waals surface area contributed by atoms with Crippen molar-refractivity contribution in [3.8, 4) is 0 Å². The van der Waals surface area contributed by atoms with Crippen molar-refractivity contribution >= 4 is 33.2 Å². The minimum absolute atomic E-state index is 0.0546. The molecule has 0 spiro atoms. The second-order valence-electron chi connectivity index (χ2n) is 4.48. The predicted octanol–water partition coefficient (Wildman–Crippen LogP) is 2.80. The number of aromatic nitrogens is 1. The van der Waals surface area contributed by atoms with Crippen LogP contribution in [0.2, 0.25) is 0 Å². The van der Waals surface area contributed by atoms with Gasteiger partial charge in [0.25, 0.3) is 0 Å². The molecule has 0 aliphatic heterocycles. The van der Waals surface area contributed by atoms with Gasteiger partial charge in [0, 0.05) is 0 Å². The lowest BCUT2D eigenvalue weighted by Gasteiger charge is -2.29. The summed E-state index contributed by atoms with van der Waals surface area (Å²) in [5, 5.41) is 9.88. The number of thiazole rings is 1. The molecular weight excluding hydrogens is 304 g/mol. The fraction of sp³-hybridized carbons (Fsp3) is 0.636. The summed E-state index contributed by atoms with van der Waals surface area (Å²) in [6.45, 7) is 0. The first-order chi connectivity index (χ1) is 8.08. The highest BCUT2D eigenvalue weighted by Gasteiger charge is 2.30. The number of carboxylic acid groups (broad SMARTS) is 1. The van der Waals surface area contributed by atoms with Crippen LogP contribution in [-0.4, -0.2) is 16.1 Å². The van der Waals surface area contributed by atoms with Crippen LogP contribution in [0.1, 0.15) is 36.7 Å². The summed E-state index contributed by atoms with van der Waals surface area (Å²) in [6, 6.07) is -0.0546. The Morgan fingerprint density at radius 1 is 1.53 bits per heavy atom. The van der Waals surface area contributed by atoms with E-state index in [1.807, 2.05) is 0 Å². The van der Waals surface area contributed by atoms with Crippen molar-refractivity contribution < 1.29 is 9.90 Å². The summed E-state index contributed by atoms with van der Waals surface area (Å²) in [7, 11) is 0. The van der Waals surface area contributed by atoms with Crippen LogP contribution in [0.25, 0.3) is 0 Å². The summed E-state index contributed by atoms with van der Waals surface area (Å²) in [5.41, 5.74) is 6.18. The zero-order valence-corrected chi connectivity index (χ0v) is 11.7. The number of hydrogen-bond acceptors (Lipinski definition) is 4. The fourth-order valence-electron chi connectivity index (χ4n) is 2.35. The average Bonchev–Trinajstić information content (AvgIpc) is 2.75. The van der Waals surface area contributed by atoms with E-state index >= 15 is 0 Å². The van der Waals surface area contributed by atoms with E-state index in [1.54, 1.807) is 17.5 Å². The topological polar surface area (TPSA) is 76.2 Å². The van der Waals surface area contributed by atoms with Crippen molar-refractivity contribution in [1.29, 1.82) is 0 Å². The number of carboxylic acids is 1. The molecular formula is C11H15BrN2O2S. The molecule has 0 bridgehead atoms. The molecule has 0 saturated heterocycles. The SMILES string of the molecule is NC(c1ncc(Br)s1)[C@H]1CC[C@H](C(=O)O)CC1. The van der Waals surface area contributed by atoms with E-state index in [1.165, 1.54) is 0 Å². The van der Waals surface area contributed by atoms with Crippen LogP contribution >= 0.6 is 27.3 Å². The van der Waals surface area contributed by atoms with E-state index in [0.717, 1.165) is 34.5 Å². The van der Waals surface area contributed by atoms with Gasteiger partial charge in [-0.2, -0.15) is 0 Å². The normalized spacial score (nSPS) is 26.7. The van der Waals surface area contributed by atoms with E-state index in [4.69, 9.17) is 10.8 Å².